The van der Waals surface area contributed by atoms with Gasteiger partial charge in [-0.05, 0) is 31.0 Å². The quantitative estimate of drug-likeness (QED) is 0.100. The molecule has 0 heterocycles. The van der Waals surface area contributed by atoms with Gasteiger partial charge in [0.05, 0.1) is 14.1 Å². The molecule has 1 aromatic rings. The third-order valence-electron chi connectivity index (χ3n) is 5.36. The van der Waals surface area contributed by atoms with Crippen LogP contribution in [-0.2, 0) is 13.0 Å². The predicted octanol–water partition coefficient (Wildman–Crippen LogP) is 6.28. The Balaban J connectivity index is 2.23. The van der Waals surface area contributed by atoms with Crippen molar-refractivity contribution in [3.63, 3.8) is 0 Å². The van der Waals surface area contributed by atoms with Crippen molar-refractivity contribution in [1.29, 1.82) is 0 Å². The second-order valence-corrected chi connectivity index (χ2v) is 9.19. The average Bonchev–Trinajstić information content (AvgIpc) is 2.63. The zero-order valence-corrected chi connectivity index (χ0v) is 19.5. The number of hydrogen-bond donors (Lipinski definition) is 1. The summed E-state index contributed by atoms with van der Waals surface area (Å²) in [5.41, 5.74) is 2.85. The van der Waals surface area contributed by atoms with E-state index in [2.05, 4.69) is 76.6 Å². The molecule has 0 bridgehead atoms. The molecule has 0 saturated carbocycles. The van der Waals surface area contributed by atoms with Crippen molar-refractivity contribution in [2.45, 2.75) is 84.1 Å². The zero-order valence-electron chi connectivity index (χ0n) is 18.6. The molecule has 0 saturated heterocycles. The van der Waals surface area contributed by atoms with Gasteiger partial charge in [0.1, 0.15) is 20.6 Å². The minimum atomic E-state index is 0.772. The van der Waals surface area contributed by atoms with E-state index in [9.17, 15) is 0 Å². The second kappa shape index (κ2) is 13.4. The maximum Gasteiger partial charge on any atom is 0.396 e. The van der Waals surface area contributed by atoms with Crippen LogP contribution in [0.25, 0.3) is 0 Å². The van der Waals surface area contributed by atoms with Crippen LogP contribution in [0.1, 0.15) is 82.3 Å². The van der Waals surface area contributed by atoms with Crippen LogP contribution in [0.15, 0.2) is 24.3 Å². The molecule has 0 spiro atoms. The Kier molecular flexibility index (Phi) is 12.0. The Hall–Kier alpha value is -0.800. The molecular weight excluding hydrogens is 348 g/mol. The third kappa shape index (κ3) is 10.4. The largest absolute Gasteiger partial charge is 0.396 e. The van der Waals surface area contributed by atoms with Crippen molar-refractivity contribution in [3.05, 3.63) is 35.4 Å². The summed E-state index contributed by atoms with van der Waals surface area (Å²) in [6, 6.07) is 9.22. The molecule has 0 aliphatic carbocycles. The summed E-state index contributed by atoms with van der Waals surface area (Å²) in [6.45, 7) is 3.25. The van der Waals surface area contributed by atoms with Crippen molar-refractivity contribution < 1.29 is 9.06 Å². The van der Waals surface area contributed by atoms with Gasteiger partial charge in [-0.3, -0.25) is 0 Å². The van der Waals surface area contributed by atoms with Crippen molar-refractivity contribution in [1.82, 2.24) is 0 Å². The maximum atomic E-state index is 4.67. The summed E-state index contributed by atoms with van der Waals surface area (Å²) >= 11 is 4.67. The van der Waals surface area contributed by atoms with E-state index in [0.717, 1.165) is 16.2 Å². The Morgan fingerprint density at radius 2 is 1.22 bits per heavy atom. The lowest BCUT2D eigenvalue weighted by Crippen LogP contribution is -2.45. The van der Waals surface area contributed by atoms with Crippen molar-refractivity contribution in [3.8, 4) is 0 Å². The molecule has 0 aliphatic rings. The number of benzene rings is 1. The predicted molar refractivity (Wildman–Crippen MR) is 124 cm³/mol. The average molecular weight is 393 g/mol. The summed E-state index contributed by atoms with van der Waals surface area (Å²) in [6.07, 6.45) is 15.3. The minimum absolute atomic E-state index is 0.772. The molecule has 1 aromatic carbocycles. The number of unbranched alkanes of at least 4 members (excludes halogenated alkanes) is 9. The normalized spacial score (nSPS) is 11.6. The monoisotopic (exact) mass is 392 g/mol. The van der Waals surface area contributed by atoms with Gasteiger partial charge in [-0.25, -0.2) is 4.48 Å². The van der Waals surface area contributed by atoms with E-state index in [-0.39, 0.29) is 0 Å². The van der Waals surface area contributed by atoms with Crippen LogP contribution in [0.2, 0.25) is 0 Å². The number of amidine groups is 1. The fourth-order valence-electron chi connectivity index (χ4n) is 3.70. The molecule has 3 heteroatoms. The molecule has 154 valence electrons. The van der Waals surface area contributed by atoms with Crippen molar-refractivity contribution >= 4 is 17.8 Å². The summed E-state index contributed by atoms with van der Waals surface area (Å²) in [7, 11) is 8.52. The summed E-state index contributed by atoms with van der Waals surface area (Å²) < 4.78 is 2.86. The van der Waals surface area contributed by atoms with Gasteiger partial charge < -0.3 is 0 Å². The van der Waals surface area contributed by atoms with E-state index in [1.807, 2.05) is 0 Å². The molecule has 0 aromatic heterocycles. The van der Waals surface area contributed by atoms with E-state index in [0.29, 0.717) is 0 Å². The summed E-state index contributed by atoms with van der Waals surface area (Å²) in [5, 5.41) is 1.07. The van der Waals surface area contributed by atoms with E-state index < -0.39 is 0 Å². The van der Waals surface area contributed by atoms with Crippen LogP contribution in [-0.4, -0.2) is 42.4 Å². The van der Waals surface area contributed by atoms with E-state index in [1.54, 1.807) is 0 Å². The molecule has 0 aliphatic heterocycles. The SMILES string of the molecule is CCCCCCCCCCCCc1ccc(C[N+](C)(C)C(S)=[N+](C)C)cc1. The highest BCUT2D eigenvalue weighted by molar-refractivity contribution is 7.96. The highest BCUT2D eigenvalue weighted by atomic mass is 32.1. The van der Waals surface area contributed by atoms with Crippen LogP contribution in [0, 0.1) is 0 Å². The fraction of sp³-hybridized carbons (Fsp3) is 0.708. The highest BCUT2D eigenvalue weighted by Gasteiger charge is 2.27. The fourth-order valence-corrected chi connectivity index (χ4v) is 3.77. The molecular formula is C24H44N2S+2. The zero-order chi connectivity index (χ0) is 20.1. The molecule has 0 radical (unpaired) electrons. The number of quaternary nitrogens is 1. The van der Waals surface area contributed by atoms with Crippen molar-refractivity contribution in [2.75, 3.05) is 28.2 Å². The van der Waals surface area contributed by atoms with Gasteiger partial charge in [-0.1, -0.05) is 89.0 Å². The first-order valence-corrected chi connectivity index (χ1v) is 11.5. The lowest BCUT2D eigenvalue weighted by atomic mass is 10.0. The lowest BCUT2D eigenvalue weighted by Gasteiger charge is -2.25. The minimum Gasteiger partial charge on any atom is -0.231 e. The molecule has 0 atom stereocenters. The Labute approximate surface area is 174 Å². The standard InChI is InChI=1S/C24H43N2S/c1-6-7-8-9-10-11-12-13-14-15-16-22-17-19-23(20-18-22)21-26(4,5)24(27)25(2)3/h17-20H,6-16,21H2,1-5H3/q+1/p+1. The topological polar surface area (TPSA) is 3.01 Å². The number of aryl methyl sites for hydroxylation is 1. The number of hydrogen-bond acceptors (Lipinski definition) is 0. The van der Waals surface area contributed by atoms with Gasteiger partial charge >= 0.3 is 5.17 Å². The number of rotatable bonds is 13. The smallest absolute Gasteiger partial charge is 0.231 e. The molecule has 1 rings (SSSR count). The maximum absolute atomic E-state index is 4.67. The first kappa shape index (κ1) is 24.2. The van der Waals surface area contributed by atoms with E-state index in [4.69, 9.17) is 0 Å². The van der Waals surface area contributed by atoms with Crippen LogP contribution in [0.4, 0.5) is 0 Å². The molecule has 0 fully saturated rings. The van der Waals surface area contributed by atoms with Crippen molar-refractivity contribution in [2.24, 2.45) is 0 Å². The van der Waals surface area contributed by atoms with Crippen LogP contribution in [0.5, 0.6) is 0 Å². The second-order valence-electron chi connectivity index (χ2n) is 8.79. The molecule has 2 nitrogen and oxygen atoms in total. The van der Waals surface area contributed by atoms with Gasteiger partial charge in [0.25, 0.3) is 0 Å². The van der Waals surface area contributed by atoms with E-state index >= 15 is 0 Å². The first-order chi connectivity index (χ1) is 12.9. The number of thiol groups is 1. The van der Waals surface area contributed by atoms with Gasteiger partial charge in [-0.15, -0.1) is 0 Å². The van der Waals surface area contributed by atoms with E-state index in [1.165, 1.54) is 81.8 Å². The third-order valence-corrected chi connectivity index (χ3v) is 6.30. The van der Waals surface area contributed by atoms with Gasteiger partial charge in [0.15, 0.2) is 0 Å². The lowest BCUT2D eigenvalue weighted by molar-refractivity contribution is -0.831. The molecule has 0 N–H and O–H groups in total. The Morgan fingerprint density at radius 3 is 1.70 bits per heavy atom. The summed E-state index contributed by atoms with van der Waals surface area (Å²) in [5.74, 6) is 0. The molecule has 0 amide bonds. The van der Waals surface area contributed by atoms with Crippen LogP contribution in [0.3, 0.4) is 0 Å². The molecule has 27 heavy (non-hydrogen) atoms. The summed E-state index contributed by atoms with van der Waals surface area (Å²) in [4.78, 5) is 0. The molecule has 0 unspecified atom stereocenters. The van der Waals surface area contributed by atoms with Crippen LogP contribution < -0.4 is 0 Å². The highest BCUT2D eigenvalue weighted by Crippen LogP contribution is 2.16. The van der Waals surface area contributed by atoms with Gasteiger partial charge in [0.2, 0.25) is 0 Å². The number of nitrogens with zero attached hydrogens (tertiary/aromatic N) is 2. The van der Waals surface area contributed by atoms with Gasteiger partial charge in [0, 0.05) is 5.56 Å². The van der Waals surface area contributed by atoms with Gasteiger partial charge in [-0.2, -0.15) is 4.58 Å². The van der Waals surface area contributed by atoms with Crippen LogP contribution >= 0.6 is 12.6 Å². The first-order valence-electron chi connectivity index (χ1n) is 11.0. The Morgan fingerprint density at radius 1 is 0.778 bits per heavy atom. The Bertz CT molecular complexity index is 542.